The van der Waals surface area contributed by atoms with E-state index in [9.17, 15) is 9.90 Å². The van der Waals surface area contributed by atoms with Crippen molar-refractivity contribution < 1.29 is 9.90 Å². The van der Waals surface area contributed by atoms with E-state index in [1.54, 1.807) is 26.1 Å². The van der Waals surface area contributed by atoms with Crippen molar-refractivity contribution in [3.05, 3.63) is 39.0 Å². The van der Waals surface area contributed by atoms with Crippen LogP contribution >= 0.6 is 31.9 Å². The lowest BCUT2D eigenvalue weighted by molar-refractivity contribution is -0.116. The minimum atomic E-state index is -1.08. The fourth-order valence-corrected chi connectivity index (χ4v) is 2.73. The molecule has 0 fully saturated rings. The van der Waals surface area contributed by atoms with Gasteiger partial charge in [0.05, 0.1) is 11.9 Å². The molecule has 1 aromatic carbocycles. The smallest absolute Gasteiger partial charge is 0.246 e. The summed E-state index contributed by atoms with van der Waals surface area (Å²) in [6.07, 6.45) is 1.55. The SMILES string of the molecule is CC(C)(O)c1cn(CC(=O)Nc2ccc(Br)cc2Br)nn1. The summed E-state index contributed by atoms with van der Waals surface area (Å²) in [5, 5.41) is 20.3. The molecule has 1 amide bonds. The lowest BCUT2D eigenvalue weighted by Gasteiger charge is -2.11. The third-order valence-corrected chi connectivity index (χ3v) is 3.83. The average Bonchev–Trinajstić information content (AvgIpc) is 2.81. The number of carbonyl (C=O) groups excluding carboxylic acids is 1. The second-order valence-corrected chi connectivity index (χ2v) is 6.80. The van der Waals surface area contributed by atoms with Crippen LogP contribution in [-0.4, -0.2) is 26.0 Å². The van der Waals surface area contributed by atoms with Crippen LogP contribution in [0.15, 0.2) is 33.3 Å². The Labute approximate surface area is 138 Å². The summed E-state index contributed by atoms with van der Waals surface area (Å²) < 4.78 is 3.08. The predicted molar refractivity (Wildman–Crippen MR) is 85.7 cm³/mol. The van der Waals surface area contributed by atoms with Gasteiger partial charge in [0.1, 0.15) is 17.8 Å². The molecule has 0 radical (unpaired) electrons. The monoisotopic (exact) mass is 416 g/mol. The molecular formula is C13H14Br2N4O2. The topological polar surface area (TPSA) is 80.0 Å². The summed E-state index contributed by atoms with van der Waals surface area (Å²) in [7, 11) is 0. The van der Waals surface area contributed by atoms with Crippen LogP contribution in [0.2, 0.25) is 0 Å². The van der Waals surface area contributed by atoms with Gasteiger partial charge in [0.15, 0.2) is 0 Å². The number of carbonyl (C=O) groups is 1. The minimum absolute atomic E-state index is 0.0194. The Morgan fingerprint density at radius 3 is 2.71 bits per heavy atom. The molecule has 0 aliphatic heterocycles. The second kappa shape index (κ2) is 6.25. The van der Waals surface area contributed by atoms with E-state index in [2.05, 4.69) is 47.5 Å². The molecule has 8 heteroatoms. The Hall–Kier alpha value is -1.25. The summed E-state index contributed by atoms with van der Waals surface area (Å²) in [6.45, 7) is 3.24. The maximum absolute atomic E-state index is 12.0. The van der Waals surface area contributed by atoms with E-state index in [0.29, 0.717) is 11.4 Å². The van der Waals surface area contributed by atoms with Gasteiger partial charge in [-0.05, 0) is 48.0 Å². The summed E-state index contributed by atoms with van der Waals surface area (Å²) in [4.78, 5) is 12.0. The Balaban J connectivity index is 2.03. The highest BCUT2D eigenvalue weighted by Gasteiger charge is 2.20. The quantitative estimate of drug-likeness (QED) is 0.801. The predicted octanol–water partition coefficient (Wildman–Crippen LogP) is 2.67. The van der Waals surface area contributed by atoms with Gasteiger partial charge in [0, 0.05) is 8.95 Å². The van der Waals surface area contributed by atoms with Crippen molar-refractivity contribution in [1.82, 2.24) is 15.0 Å². The van der Waals surface area contributed by atoms with Crippen LogP contribution in [0.4, 0.5) is 5.69 Å². The first kappa shape index (κ1) is 16.1. The molecule has 0 saturated carbocycles. The van der Waals surface area contributed by atoms with Crippen molar-refractivity contribution in [1.29, 1.82) is 0 Å². The Morgan fingerprint density at radius 2 is 2.14 bits per heavy atom. The van der Waals surface area contributed by atoms with Crippen LogP contribution in [0.5, 0.6) is 0 Å². The molecule has 0 unspecified atom stereocenters. The van der Waals surface area contributed by atoms with Crippen LogP contribution in [0.1, 0.15) is 19.5 Å². The van der Waals surface area contributed by atoms with E-state index in [-0.39, 0.29) is 12.5 Å². The molecule has 1 aromatic heterocycles. The van der Waals surface area contributed by atoms with Gasteiger partial charge in [-0.3, -0.25) is 4.79 Å². The molecule has 1 heterocycles. The maximum Gasteiger partial charge on any atom is 0.246 e. The van der Waals surface area contributed by atoms with Crippen LogP contribution in [0.25, 0.3) is 0 Å². The van der Waals surface area contributed by atoms with Gasteiger partial charge < -0.3 is 10.4 Å². The van der Waals surface area contributed by atoms with E-state index >= 15 is 0 Å². The first-order valence-electron chi connectivity index (χ1n) is 6.13. The van der Waals surface area contributed by atoms with Gasteiger partial charge in [0.2, 0.25) is 5.91 Å². The molecule has 0 spiro atoms. The third kappa shape index (κ3) is 4.36. The molecular weight excluding hydrogens is 404 g/mol. The number of benzene rings is 1. The summed E-state index contributed by atoms with van der Waals surface area (Å²) >= 11 is 6.73. The standard InChI is InChI=1S/C13H14Br2N4O2/c1-13(2,21)11-6-19(18-17-11)7-12(20)16-10-4-3-8(14)5-9(10)15/h3-6,21H,7H2,1-2H3,(H,16,20). The lowest BCUT2D eigenvalue weighted by atomic mass is 10.1. The molecule has 0 saturated heterocycles. The number of rotatable bonds is 4. The van der Waals surface area contributed by atoms with Crippen molar-refractivity contribution in [3.8, 4) is 0 Å². The molecule has 2 N–H and O–H groups in total. The normalized spacial score (nSPS) is 11.5. The number of aliphatic hydroxyl groups is 1. The number of hydrogen-bond donors (Lipinski definition) is 2. The second-order valence-electron chi connectivity index (χ2n) is 5.03. The number of nitrogens with one attached hydrogen (secondary N) is 1. The van der Waals surface area contributed by atoms with Gasteiger partial charge >= 0.3 is 0 Å². The molecule has 112 valence electrons. The molecule has 0 bridgehead atoms. The van der Waals surface area contributed by atoms with Gasteiger partial charge in [-0.15, -0.1) is 5.10 Å². The van der Waals surface area contributed by atoms with E-state index in [1.807, 2.05) is 12.1 Å². The minimum Gasteiger partial charge on any atom is -0.384 e. The van der Waals surface area contributed by atoms with E-state index < -0.39 is 5.60 Å². The zero-order valence-corrected chi connectivity index (χ0v) is 14.6. The summed E-state index contributed by atoms with van der Waals surface area (Å²) in [6, 6.07) is 5.47. The van der Waals surface area contributed by atoms with Crippen LogP contribution in [-0.2, 0) is 16.9 Å². The Bertz CT molecular complexity index is 664. The Kier molecular flexibility index (Phi) is 4.80. The lowest BCUT2D eigenvalue weighted by Crippen LogP contribution is -2.19. The van der Waals surface area contributed by atoms with Crippen molar-refractivity contribution in [2.24, 2.45) is 0 Å². The van der Waals surface area contributed by atoms with Crippen LogP contribution in [0, 0.1) is 0 Å². The first-order valence-corrected chi connectivity index (χ1v) is 7.72. The largest absolute Gasteiger partial charge is 0.384 e. The molecule has 2 aromatic rings. The number of nitrogens with zero attached hydrogens (tertiary/aromatic N) is 3. The van der Waals surface area contributed by atoms with E-state index in [1.165, 1.54) is 4.68 Å². The van der Waals surface area contributed by atoms with Crippen molar-refractivity contribution in [2.75, 3.05) is 5.32 Å². The van der Waals surface area contributed by atoms with Crippen LogP contribution in [0.3, 0.4) is 0 Å². The van der Waals surface area contributed by atoms with Gasteiger partial charge in [0.25, 0.3) is 0 Å². The molecule has 0 aliphatic rings. The molecule has 21 heavy (non-hydrogen) atoms. The maximum atomic E-state index is 12.0. The number of halogens is 2. The molecule has 0 atom stereocenters. The number of amides is 1. The average molecular weight is 418 g/mol. The van der Waals surface area contributed by atoms with E-state index in [4.69, 9.17) is 0 Å². The zero-order valence-electron chi connectivity index (χ0n) is 11.5. The summed E-state index contributed by atoms with van der Waals surface area (Å²) in [5.74, 6) is -0.231. The van der Waals surface area contributed by atoms with E-state index in [0.717, 1.165) is 8.95 Å². The van der Waals surface area contributed by atoms with Crippen molar-refractivity contribution in [3.63, 3.8) is 0 Å². The first-order chi connectivity index (χ1) is 9.75. The van der Waals surface area contributed by atoms with Gasteiger partial charge in [-0.25, -0.2) is 4.68 Å². The van der Waals surface area contributed by atoms with Crippen molar-refractivity contribution in [2.45, 2.75) is 26.0 Å². The highest BCUT2D eigenvalue weighted by molar-refractivity contribution is 9.11. The Morgan fingerprint density at radius 1 is 1.43 bits per heavy atom. The van der Waals surface area contributed by atoms with Crippen LogP contribution < -0.4 is 5.32 Å². The third-order valence-electron chi connectivity index (χ3n) is 2.68. The fourth-order valence-electron chi connectivity index (χ4n) is 1.58. The number of aromatic nitrogens is 3. The highest BCUT2D eigenvalue weighted by atomic mass is 79.9. The van der Waals surface area contributed by atoms with Gasteiger partial charge in [-0.1, -0.05) is 21.1 Å². The highest BCUT2D eigenvalue weighted by Crippen LogP contribution is 2.26. The molecule has 6 nitrogen and oxygen atoms in total. The van der Waals surface area contributed by atoms with Crippen molar-refractivity contribution >= 4 is 43.5 Å². The fraction of sp³-hybridized carbons (Fsp3) is 0.308. The number of anilines is 1. The number of hydrogen-bond acceptors (Lipinski definition) is 4. The molecule has 0 aliphatic carbocycles. The molecule has 2 rings (SSSR count). The zero-order chi connectivity index (χ0) is 15.6. The van der Waals surface area contributed by atoms with Gasteiger partial charge in [-0.2, -0.15) is 0 Å². The summed E-state index contributed by atoms with van der Waals surface area (Å²) in [5.41, 5.74) is 0.00913.